The van der Waals surface area contributed by atoms with Crippen molar-refractivity contribution in [3.8, 4) is 5.75 Å². The van der Waals surface area contributed by atoms with Gasteiger partial charge in [-0.25, -0.2) is 4.79 Å². The monoisotopic (exact) mass is 333 g/mol. The van der Waals surface area contributed by atoms with Crippen molar-refractivity contribution in [1.82, 2.24) is 0 Å². The minimum atomic E-state index is -0.281. The minimum Gasteiger partial charge on any atom is -0.508 e. The lowest BCUT2D eigenvalue weighted by molar-refractivity contribution is 0.262. The molecule has 0 aliphatic rings. The van der Waals surface area contributed by atoms with E-state index >= 15 is 0 Å². The average Bonchev–Trinajstić information content (AvgIpc) is 2.63. The van der Waals surface area contributed by atoms with E-state index in [9.17, 15) is 9.90 Å². The molecule has 5 heteroatoms. The van der Waals surface area contributed by atoms with Crippen molar-refractivity contribution in [3.05, 3.63) is 84.4 Å². The Kier molecular flexibility index (Phi) is 5.16. The average molecular weight is 333 g/mol. The Bertz CT molecular complexity index is 816. The SMILES string of the molecule is O=C(Nc1ccccc1)Nc1ccc(NCc2ccc(O)cc2)cc1. The maximum atomic E-state index is 11.9. The third kappa shape index (κ3) is 5.00. The summed E-state index contributed by atoms with van der Waals surface area (Å²) in [6.45, 7) is 0.654. The van der Waals surface area contributed by atoms with E-state index in [4.69, 9.17) is 0 Å². The molecule has 3 aromatic rings. The van der Waals surface area contributed by atoms with Crippen LogP contribution in [0.15, 0.2) is 78.9 Å². The first kappa shape index (κ1) is 16.4. The van der Waals surface area contributed by atoms with Crippen molar-refractivity contribution in [3.63, 3.8) is 0 Å². The quantitative estimate of drug-likeness (QED) is 0.549. The summed E-state index contributed by atoms with van der Waals surface area (Å²) in [6, 6.07) is 23.5. The lowest BCUT2D eigenvalue weighted by Gasteiger charge is -2.10. The molecule has 3 rings (SSSR count). The number of carbonyl (C=O) groups is 1. The summed E-state index contributed by atoms with van der Waals surface area (Å²) in [6.07, 6.45) is 0. The summed E-state index contributed by atoms with van der Waals surface area (Å²) in [5.74, 6) is 0.257. The fraction of sp³-hybridized carbons (Fsp3) is 0.0500. The summed E-state index contributed by atoms with van der Waals surface area (Å²) in [5.41, 5.74) is 3.47. The molecule has 0 saturated carbocycles. The Morgan fingerprint density at radius 3 is 1.92 bits per heavy atom. The predicted octanol–water partition coefficient (Wildman–Crippen LogP) is 4.65. The van der Waals surface area contributed by atoms with Crippen molar-refractivity contribution >= 4 is 23.1 Å². The van der Waals surface area contributed by atoms with Crippen LogP contribution in [-0.4, -0.2) is 11.1 Å². The first-order valence-corrected chi connectivity index (χ1v) is 7.94. The molecule has 0 atom stereocenters. The zero-order valence-electron chi connectivity index (χ0n) is 13.6. The number of benzene rings is 3. The van der Waals surface area contributed by atoms with E-state index in [2.05, 4.69) is 16.0 Å². The maximum absolute atomic E-state index is 11.9. The molecule has 126 valence electrons. The van der Waals surface area contributed by atoms with E-state index in [0.717, 1.165) is 16.9 Å². The standard InChI is InChI=1S/C20H19N3O2/c24-19-12-6-15(7-13-19)14-21-16-8-10-18(11-9-16)23-20(25)22-17-4-2-1-3-5-17/h1-13,21,24H,14H2,(H2,22,23,25). The van der Waals surface area contributed by atoms with Crippen molar-refractivity contribution in [2.45, 2.75) is 6.54 Å². The number of para-hydroxylation sites is 1. The first-order valence-electron chi connectivity index (χ1n) is 7.94. The molecule has 0 aromatic heterocycles. The summed E-state index contributed by atoms with van der Waals surface area (Å²) in [5, 5.41) is 18.1. The van der Waals surface area contributed by atoms with Gasteiger partial charge in [0.15, 0.2) is 0 Å². The number of phenolic OH excluding ortho intramolecular Hbond substituents is 1. The molecule has 0 fully saturated rings. The fourth-order valence-corrected chi connectivity index (χ4v) is 2.30. The number of carbonyl (C=O) groups excluding carboxylic acids is 1. The molecule has 4 N–H and O–H groups in total. The second-order valence-electron chi connectivity index (χ2n) is 5.54. The van der Waals surface area contributed by atoms with Gasteiger partial charge in [0.1, 0.15) is 5.75 Å². The molecule has 0 radical (unpaired) electrons. The predicted molar refractivity (Wildman–Crippen MR) is 101 cm³/mol. The Morgan fingerprint density at radius 2 is 1.28 bits per heavy atom. The van der Waals surface area contributed by atoms with Crippen LogP contribution < -0.4 is 16.0 Å². The van der Waals surface area contributed by atoms with Crippen LogP contribution in [0.3, 0.4) is 0 Å². The second-order valence-corrected chi connectivity index (χ2v) is 5.54. The molecule has 0 heterocycles. The van der Waals surface area contributed by atoms with Crippen LogP contribution >= 0.6 is 0 Å². The molecule has 25 heavy (non-hydrogen) atoms. The van der Waals surface area contributed by atoms with Gasteiger partial charge in [-0.1, -0.05) is 30.3 Å². The normalized spacial score (nSPS) is 10.1. The van der Waals surface area contributed by atoms with Crippen molar-refractivity contribution in [2.75, 3.05) is 16.0 Å². The Morgan fingerprint density at radius 1 is 0.720 bits per heavy atom. The third-order valence-electron chi connectivity index (χ3n) is 3.61. The first-order chi connectivity index (χ1) is 12.2. The number of urea groups is 1. The maximum Gasteiger partial charge on any atom is 0.323 e. The minimum absolute atomic E-state index is 0.257. The van der Waals surface area contributed by atoms with Gasteiger partial charge >= 0.3 is 6.03 Å². The van der Waals surface area contributed by atoms with E-state index in [0.29, 0.717) is 12.2 Å². The highest BCUT2D eigenvalue weighted by molar-refractivity contribution is 5.99. The molecule has 2 amide bonds. The van der Waals surface area contributed by atoms with Crippen LogP contribution in [0.1, 0.15) is 5.56 Å². The van der Waals surface area contributed by atoms with Gasteiger partial charge < -0.3 is 21.1 Å². The highest BCUT2D eigenvalue weighted by atomic mass is 16.3. The molecule has 0 unspecified atom stereocenters. The number of hydrogen-bond donors (Lipinski definition) is 4. The van der Waals surface area contributed by atoms with E-state index in [-0.39, 0.29) is 11.8 Å². The van der Waals surface area contributed by atoms with Crippen molar-refractivity contribution in [2.24, 2.45) is 0 Å². The van der Waals surface area contributed by atoms with E-state index in [1.54, 1.807) is 12.1 Å². The molecule has 0 spiro atoms. The number of hydrogen-bond acceptors (Lipinski definition) is 3. The number of nitrogens with one attached hydrogen (secondary N) is 3. The zero-order valence-corrected chi connectivity index (χ0v) is 13.6. The van der Waals surface area contributed by atoms with E-state index in [1.165, 1.54) is 0 Å². The molecule has 0 bridgehead atoms. The Labute approximate surface area is 146 Å². The largest absolute Gasteiger partial charge is 0.508 e. The number of aromatic hydroxyl groups is 1. The van der Waals surface area contributed by atoms with Crippen molar-refractivity contribution in [1.29, 1.82) is 0 Å². The highest BCUT2D eigenvalue weighted by Gasteiger charge is 2.02. The lowest BCUT2D eigenvalue weighted by atomic mass is 10.2. The molecule has 0 saturated heterocycles. The lowest BCUT2D eigenvalue weighted by Crippen LogP contribution is -2.19. The van der Waals surface area contributed by atoms with E-state index in [1.807, 2.05) is 66.7 Å². The van der Waals surface area contributed by atoms with Gasteiger partial charge in [-0.05, 0) is 54.1 Å². The number of rotatable bonds is 5. The Balaban J connectivity index is 1.51. The Hall–Kier alpha value is -3.47. The van der Waals surface area contributed by atoms with Gasteiger partial charge in [0.2, 0.25) is 0 Å². The summed E-state index contributed by atoms with van der Waals surface area (Å²) >= 11 is 0. The van der Waals surface area contributed by atoms with Gasteiger partial charge in [-0.15, -0.1) is 0 Å². The number of amides is 2. The zero-order chi connectivity index (χ0) is 17.5. The van der Waals surface area contributed by atoms with E-state index < -0.39 is 0 Å². The summed E-state index contributed by atoms with van der Waals surface area (Å²) in [4.78, 5) is 11.9. The van der Waals surface area contributed by atoms with Crippen LogP contribution in [0.5, 0.6) is 5.75 Å². The van der Waals surface area contributed by atoms with Crippen LogP contribution in [0, 0.1) is 0 Å². The molecular weight excluding hydrogens is 314 g/mol. The topological polar surface area (TPSA) is 73.4 Å². The highest BCUT2D eigenvalue weighted by Crippen LogP contribution is 2.16. The molecule has 0 aliphatic carbocycles. The fourth-order valence-electron chi connectivity index (χ4n) is 2.30. The van der Waals surface area contributed by atoms with Gasteiger partial charge in [-0.3, -0.25) is 0 Å². The van der Waals surface area contributed by atoms with Crippen LogP contribution in [0.4, 0.5) is 21.9 Å². The summed E-state index contributed by atoms with van der Waals surface area (Å²) in [7, 11) is 0. The number of anilines is 3. The van der Waals surface area contributed by atoms with Gasteiger partial charge in [-0.2, -0.15) is 0 Å². The van der Waals surface area contributed by atoms with Crippen molar-refractivity contribution < 1.29 is 9.90 Å². The summed E-state index contributed by atoms with van der Waals surface area (Å²) < 4.78 is 0. The molecular formula is C20H19N3O2. The van der Waals surface area contributed by atoms with Gasteiger partial charge in [0, 0.05) is 23.6 Å². The van der Waals surface area contributed by atoms with Crippen LogP contribution in [0.25, 0.3) is 0 Å². The third-order valence-corrected chi connectivity index (χ3v) is 3.61. The van der Waals surface area contributed by atoms with Gasteiger partial charge in [0.05, 0.1) is 0 Å². The molecule has 5 nitrogen and oxygen atoms in total. The molecule has 0 aliphatic heterocycles. The smallest absolute Gasteiger partial charge is 0.323 e. The van der Waals surface area contributed by atoms with Gasteiger partial charge in [0.25, 0.3) is 0 Å². The molecule has 3 aromatic carbocycles. The van der Waals surface area contributed by atoms with Crippen LogP contribution in [0.2, 0.25) is 0 Å². The second kappa shape index (κ2) is 7.88. The number of phenols is 1. The van der Waals surface area contributed by atoms with Crippen LogP contribution in [-0.2, 0) is 6.54 Å².